The van der Waals surface area contributed by atoms with Crippen LogP contribution in [0.1, 0.15) is 22.2 Å². The summed E-state index contributed by atoms with van der Waals surface area (Å²) in [6, 6.07) is 8.13. The first-order chi connectivity index (χ1) is 9.74. The van der Waals surface area contributed by atoms with Crippen molar-refractivity contribution in [3.05, 3.63) is 47.4 Å². The molecule has 0 saturated carbocycles. The molecular weight excluding hydrogens is 270 g/mol. The number of aromatic nitrogens is 2. The number of fused-ring (bicyclic) bond motifs is 2. The quantitative estimate of drug-likeness (QED) is 0.849. The van der Waals surface area contributed by atoms with E-state index < -0.39 is 0 Å². The average molecular weight is 287 g/mol. The first kappa shape index (κ1) is 13.2. The third-order valence-corrected chi connectivity index (χ3v) is 4.48. The van der Waals surface area contributed by atoms with Crippen molar-refractivity contribution in [2.75, 3.05) is 25.3 Å². The molecule has 104 valence electrons. The summed E-state index contributed by atoms with van der Waals surface area (Å²) in [5.74, 6) is 0.649. The zero-order chi connectivity index (χ0) is 14.1. The number of pyridine rings is 2. The molecule has 0 bridgehead atoms. The van der Waals surface area contributed by atoms with Gasteiger partial charge in [-0.1, -0.05) is 6.07 Å². The van der Waals surface area contributed by atoms with Gasteiger partial charge in [-0.3, -0.25) is 4.98 Å². The van der Waals surface area contributed by atoms with E-state index in [1.54, 1.807) is 18.9 Å². The van der Waals surface area contributed by atoms with Crippen molar-refractivity contribution in [1.82, 2.24) is 9.97 Å². The zero-order valence-electron chi connectivity index (χ0n) is 11.8. The van der Waals surface area contributed by atoms with Crippen molar-refractivity contribution < 1.29 is 4.74 Å². The molecule has 3 rings (SSSR count). The Bertz CT molecular complexity index is 632. The highest BCUT2D eigenvalue weighted by molar-refractivity contribution is 7.99. The van der Waals surface area contributed by atoms with Crippen LogP contribution < -0.4 is 9.64 Å². The Morgan fingerprint density at radius 3 is 2.90 bits per heavy atom. The van der Waals surface area contributed by atoms with E-state index in [0.29, 0.717) is 5.88 Å². The molecule has 1 atom stereocenters. The van der Waals surface area contributed by atoms with Crippen molar-refractivity contribution in [2.45, 2.75) is 11.8 Å². The molecule has 0 aromatic carbocycles. The number of nitrogens with zero attached hydrogens (tertiary/aromatic N) is 3. The van der Waals surface area contributed by atoms with Gasteiger partial charge in [0.05, 0.1) is 29.4 Å². The van der Waals surface area contributed by atoms with E-state index in [9.17, 15) is 0 Å². The average Bonchev–Trinajstić information content (AvgIpc) is 2.60. The van der Waals surface area contributed by atoms with E-state index in [0.717, 1.165) is 23.6 Å². The lowest BCUT2D eigenvalue weighted by molar-refractivity contribution is 0.396. The Balaban J connectivity index is 2.21. The SMILES string of the molecule is COc1ccc2c(n1)C(SC)c1ncccc1CN2C. The van der Waals surface area contributed by atoms with Crippen LogP contribution in [0.5, 0.6) is 5.88 Å². The van der Waals surface area contributed by atoms with Crippen molar-refractivity contribution in [3.63, 3.8) is 0 Å². The van der Waals surface area contributed by atoms with E-state index >= 15 is 0 Å². The predicted octanol–water partition coefficient (Wildman–Crippen LogP) is 2.89. The molecule has 1 aliphatic heterocycles. The van der Waals surface area contributed by atoms with Gasteiger partial charge in [0.15, 0.2) is 0 Å². The number of rotatable bonds is 2. The number of methoxy groups -OCH3 is 1. The molecule has 2 aromatic rings. The highest BCUT2D eigenvalue weighted by Crippen LogP contribution is 2.42. The van der Waals surface area contributed by atoms with Gasteiger partial charge in [0, 0.05) is 25.9 Å². The van der Waals surface area contributed by atoms with Crippen LogP contribution in [0.4, 0.5) is 5.69 Å². The summed E-state index contributed by atoms with van der Waals surface area (Å²) < 4.78 is 5.28. The van der Waals surface area contributed by atoms with E-state index in [1.165, 1.54) is 5.56 Å². The molecule has 3 heterocycles. The molecule has 0 amide bonds. The van der Waals surface area contributed by atoms with Crippen LogP contribution in [0, 0.1) is 0 Å². The lowest BCUT2D eigenvalue weighted by atomic mass is 10.1. The van der Waals surface area contributed by atoms with Crippen LogP contribution in [-0.2, 0) is 6.54 Å². The summed E-state index contributed by atoms with van der Waals surface area (Å²) in [7, 11) is 3.74. The Kier molecular flexibility index (Phi) is 3.53. The number of ether oxygens (including phenoxy) is 1. The summed E-state index contributed by atoms with van der Waals surface area (Å²) in [5.41, 5.74) is 4.53. The monoisotopic (exact) mass is 287 g/mol. The topological polar surface area (TPSA) is 38.3 Å². The second kappa shape index (κ2) is 5.32. The van der Waals surface area contributed by atoms with Crippen molar-refractivity contribution in [3.8, 4) is 5.88 Å². The molecule has 5 heteroatoms. The molecule has 2 aromatic heterocycles. The lowest BCUT2D eigenvalue weighted by Gasteiger charge is -2.20. The van der Waals surface area contributed by atoms with Gasteiger partial charge in [-0.15, -0.1) is 11.8 Å². The Morgan fingerprint density at radius 2 is 2.15 bits per heavy atom. The largest absolute Gasteiger partial charge is 0.481 e. The van der Waals surface area contributed by atoms with Crippen LogP contribution in [0.3, 0.4) is 0 Å². The van der Waals surface area contributed by atoms with Crippen molar-refractivity contribution in [2.24, 2.45) is 0 Å². The summed E-state index contributed by atoms with van der Waals surface area (Å²) in [6.45, 7) is 0.848. The fraction of sp³-hybridized carbons (Fsp3) is 0.333. The fourth-order valence-corrected chi connectivity index (χ4v) is 3.42. The van der Waals surface area contributed by atoms with Gasteiger partial charge in [-0.05, 0) is 24.0 Å². The molecule has 0 radical (unpaired) electrons. The molecule has 0 aliphatic carbocycles. The van der Waals surface area contributed by atoms with Crippen LogP contribution in [0.15, 0.2) is 30.5 Å². The van der Waals surface area contributed by atoms with E-state index in [2.05, 4.69) is 40.3 Å². The van der Waals surface area contributed by atoms with Crippen LogP contribution in [-0.4, -0.2) is 30.4 Å². The van der Waals surface area contributed by atoms with Gasteiger partial charge in [0.2, 0.25) is 5.88 Å². The number of anilines is 1. The van der Waals surface area contributed by atoms with E-state index in [-0.39, 0.29) is 5.25 Å². The van der Waals surface area contributed by atoms with Crippen molar-refractivity contribution in [1.29, 1.82) is 0 Å². The van der Waals surface area contributed by atoms with Gasteiger partial charge < -0.3 is 9.64 Å². The minimum Gasteiger partial charge on any atom is -0.481 e. The van der Waals surface area contributed by atoms with Crippen LogP contribution in [0.25, 0.3) is 0 Å². The summed E-state index contributed by atoms with van der Waals surface area (Å²) in [4.78, 5) is 11.5. The molecular formula is C15H17N3OS. The summed E-state index contributed by atoms with van der Waals surface area (Å²) >= 11 is 1.76. The minimum absolute atomic E-state index is 0.140. The minimum atomic E-state index is 0.140. The second-order valence-electron chi connectivity index (χ2n) is 4.78. The number of thioether (sulfide) groups is 1. The van der Waals surface area contributed by atoms with Crippen LogP contribution >= 0.6 is 11.8 Å². The van der Waals surface area contributed by atoms with Gasteiger partial charge in [0.25, 0.3) is 0 Å². The van der Waals surface area contributed by atoms with Gasteiger partial charge in [-0.2, -0.15) is 0 Å². The van der Waals surface area contributed by atoms with E-state index in [1.807, 2.05) is 18.3 Å². The highest BCUT2D eigenvalue weighted by atomic mass is 32.2. The summed E-state index contributed by atoms with van der Waals surface area (Å²) in [5, 5.41) is 0.140. The standard InChI is InChI=1S/C15H17N3OS/c1-18-9-10-5-4-8-16-13(10)15(20-3)14-11(18)6-7-12(17-14)19-2/h4-8,15H,9H2,1-3H3. The second-order valence-corrected chi connectivity index (χ2v) is 5.72. The molecule has 20 heavy (non-hydrogen) atoms. The molecule has 0 spiro atoms. The Morgan fingerprint density at radius 1 is 1.30 bits per heavy atom. The first-order valence-corrected chi connectivity index (χ1v) is 7.76. The van der Waals surface area contributed by atoms with Crippen LogP contribution in [0.2, 0.25) is 0 Å². The fourth-order valence-electron chi connectivity index (χ4n) is 2.59. The smallest absolute Gasteiger partial charge is 0.213 e. The third kappa shape index (κ3) is 2.12. The predicted molar refractivity (Wildman–Crippen MR) is 82.5 cm³/mol. The lowest BCUT2D eigenvalue weighted by Crippen LogP contribution is -2.16. The molecule has 0 saturated heterocycles. The Labute approximate surface area is 123 Å². The third-order valence-electron chi connectivity index (χ3n) is 3.56. The van der Waals surface area contributed by atoms with Gasteiger partial charge >= 0.3 is 0 Å². The van der Waals surface area contributed by atoms with Gasteiger partial charge in [-0.25, -0.2) is 4.98 Å². The number of hydrogen-bond donors (Lipinski definition) is 0. The first-order valence-electron chi connectivity index (χ1n) is 6.47. The maximum atomic E-state index is 5.28. The van der Waals surface area contributed by atoms with Gasteiger partial charge in [0.1, 0.15) is 0 Å². The normalized spacial score (nSPS) is 17.1. The van der Waals surface area contributed by atoms with Crippen molar-refractivity contribution >= 4 is 17.4 Å². The maximum Gasteiger partial charge on any atom is 0.213 e. The summed E-state index contributed by atoms with van der Waals surface area (Å²) in [6.07, 6.45) is 3.95. The maximum absolute atomic E-state index is 5.28. The molecule has 4 nitrogen and oxygen atoms in total. The van der Waals surface area contributed by atoms with E-state index in [4.69, 9.17) is 4.74 Å². The molecule has 1 unspecified atom stereocenters. The molecule has 0 N–H and O–H groups in total. The Hall–Kier alpha value is -1.75. The zero-order valence-corrected chi connectivity index (χ0v) is 12.6. The molecule has 1 aliphatic rings. The number of hydrogen-bond acceptors (Lipinski definition) is 5. The molecule has 0 fully saturated rings. The highest BCUT2D eigenvalue weighted by Gasteiger charge is 2.28.